The molecule has 0 aromatic rings. The summed E-state index contributed by atoms with van der Waals surface area (Å²) in [6.07, 6.45) is 22.3. The molecule has 0 bridgehead atoms. The molecule has 0 saturated heterocycles. The van der Waals surface area contributed by atoms with Gasteiger partial charge in [-0.25, -0.2) is 8.42 Å². The van der Waals surface area contributed by atoms with Gasteiger partial charge in [0.25, 0.3) is 0 Å². The van der Waals surface area contributed by atoms with Crippen LogP contribution < -0.4 is 29.6 Å². The Hall–Kier alpha value is 0.870. The van der Waals surface area contributed by atoms with Crippen LogP contribution in [-0.2, 0) is 10.1 Å². The molecule has 0 heterocycles. The molecule has 0 aromatic heterocycles. The first kappa shape index (κ1) is 33.0. The molecule has 0 aliphatic carbocycles. The van der Waals surface area contributed by atoms with Gasteiger partial charge in [0, 0.05) is 0 Å². The fourth-order valence-electron chi connectivity index (χ4n) is 4.08. The Labute approximate surface area is 210 Å². The maximum Gasteiger partial charge on any atom is 1.00 e. The van der Waals surface area contributed by atoms with Crippen molar-refractivity contribution < 1.29 is 47.6 Å². The second-order valence-corrected chi connectivity index (χ2v) is 10.4. The van der Waals surface area contributed by atoms with E-state index >= 15 is 0 Å². The minimum Gasteiger partial charge on any atom is -0.748 e. The minimum absolute atomic E-state index is 0. The number of rotatable bonds is 22. The van der Waals surface area contributed by atoms with E-state index in [1.54, 1.807) is 0 Å². The zero-order valence-electron chi connectivity index (χ0n) is 20.4. The van der Waals surface area contributed by atoms with E-state index < -0.39 is 21.5 Å². The summed E-state index contributed by atoms with van der Waals surface area (Å²) in [7, 11) is -4.40. The first-order valence-corrected chi connectivity index (χ1v) is 14.0. The van der Waals surface area contributed by atoms with E-state index in [1.807, 2.05) is 6.92 Å². The Morgan fingerprint density at radius 2 is 0.933 bits per heavy atom. The summed E-state index contributed by atoms with van der Waals surface area (Å²) in [5.41, 5.74) is 0. The van der Waals surface area contributed by atoms with Crippen LogP contribution >= 0.6 is 0 Å². The van der Waals surface area contributed by atoms with Gasteiger partial charge in [-0.15, -0.1) is 0 Å². The van der Waals surface area contributed by atoms with Crippen molar-refractivity contribution in [3.05, 3.63) is 0 Å². The first-order valence-electron chi connectivity index (χ1n) is 12.6. The third kappa shape index (κ3) is 20.8. The SMILES string of the molecule is CCCCCCCCCCCCCCCCCCCC(O)C(CCC)S(=O)(=O)[O-].[Na+]. The second-order valence-electron chi connectivity index (χ2n) is 8.83. The van der Waals surface area contributed by atoms with Crippen molar-refractivity contribution in [1.82, 2.24) is 0 Å². The standard InChI is InChI=1S/C24H50O4S.Na/c1-3-5-6-7-8-9-10-11-12-13-14-15-16-17-18-19-20-22-23(25)24(21-4-2)29(26,27)28;/h23-25H,3-22H2,1-2H3,(H,26,27,28);/q;+1/p-1. The largest absolute Gasteiger partial charge is 1.00 e. The average Bonchev–Trinajstić information content (AvgIpc) is 2.67. The maximum absolute atomic E-state index is 11.2. The summed E-state index contributed by atoms with van der Waals surface area (Å²) in [4.78, 5) is 0. The zero-order valence-corrected chi connectivity index (χ0v) is 23.2. The molecule has 6 heteroatoms. The van der Waals surface area contributed by atoms with E-state index in [0.717, 1.165) is 19.3 Å². The summed E-state index contributed by atoms with van der Waals surface area (Å²) in [5.74, 6) is 0. The predicted molar refractivity (Wildman–Crippen MR) is 123 cm³/mol. The fourth-order valence-corrected chi connectivity index (χ4v) is 5.12. The van der Waals surface area contributed by atoms with Crippen LogP contribution in [0.4, 0.5) is 0 Å². The first-order chi connectivity index (χ1) is 13.9. The van der Waals surface area contributed by atoms with E-state index in [0.29, 0.717) is 12.8 Å². The molecule has 0 aromatic carbocycles. The maximum atomic E-state index is 11.2. The molecule has 0 spiro atoms. The van der Waals surface area contributed by atoms with Crippen LogP contribution in [-0.4, -0.2) is 29.4 Å². The number of aliphatic hydroxyl groups is 1. The summed E-state index contributed by atoms with van der Waals surface area (Å²) in [5, 5.41) is 8.89. The van der Waals surface area contributed by atoms with Crippen LogP contribution in [0.2, 0.25) is 0 Å². The van der Waals surface area contributed by atoms with Crippen molar-refractivity contribution in [3.8, 4) is 0 Å². The zero-order chi connectivity index (χ0) is 21.8. The van der Waals surface area contributed by atoms with Gasteiger partial charge in [-0.3, -0.25) is 0 Å². The Morgan fingerprint density at radius 3 is 1.23 bits per heavy atom. The van der Waals surface area contributed by atoms with Gasteiger partial charge >= 0.3 is 29.6 Å². The predicted octanol–water partition coefficient (Wildman–Crippen LogP) is 4.11. The van der Waals surface area contributed by atoms with E-state index in [-0.39, 0.29) is 36.0 Å². The van der Waals surface area contributed by atoms with E-state index in [2.05, 4.69) is 6.92 Å². The topological polar surface area (TPSA) is 77.4 Å². The monoisotopic (exact) mass is 456 g/mol. The van der Waals surface area contributed by atoms with Crippen LogP contribution in [0.1, 0.15) is 142 Å². The Bertz CT molecular complexity index is 442. The summed E-state index contributed by atoms with van der Waals surface area (Å²) < 4.78 is 33.7. The van der Waals surface area contributed by atoms with Gasteiger partial charge in [-0.05, 0) is 12.8 Å². The van der Waals surface area contributed by atoms with Gasteiger partial charge in [0.15, 0.2) is 0 Å². The summed E-state index contributed by atoms with van der Waals surface area (Å²) >= 11 is 0. The molecule has 2 unspecified atom stereocenters. The molecule has 0 amide bonds. The van der Waals surface area contributed by atoms with Crippen molar-refractivity contribution in [3.63, 3.8) is 0 Å². The average molecular weight is 457 g/mol. The molecule has 0 aliphatic heterocycles. The molecule has 30 heavy (non-hydrogen) atoms. The van der Waals surface area contributed by atoms with Crippen LogP contribution in [0, 0.1) is 0 Å². The van der Waals surface area contributed by atoms with Gasteiger partial charge in [-0.2, -0.15) is 0 Å². The van der Waals surface area contributed by atoms with Crippen molar-refractivity contribution in [1.29, 1.82) is 0 Å². The number of hydrogen-bond donors (Lipinski definition) is 1. The fraction of sp³-hybridized carbons (Fsp3) is 1.00. The van der Waals surface area contributed by atoms with Gasteiger partial charge in [0.2, 0.25) is 0 Å². The molecule has 1 N–H and O–H groups in total. The van der Waals surface area contributed by atoms with Crippen LogP contribution in [0.5, 0.6) is 0 Å². The number of aliphatic hydroxyl groups excluding tert-OH is 1. The van der Waals surface area contributed by atoms with E-state index in [4.69, 9.17) is 0 Å². The molecule has 0 rings (SSSR count). The van der Waals surface area contributed by atoms with Crippen molar-refractivity contribution >= 4 is 10.1 Å². The van der Waals surface area contributed by atoms with Gasteiger partial charge < -0.3 is 9.66 Å². The Kier molecular flexibility index (Phi) is 25.4. The Morgan fingerprint density at radius 1 is 0.600 bits per heavy atom. The van der Waals surface area contributed by atoms with Crippen LogP contribution in [0.3, 0.4) is 0 Å². The molecular weight excluding hydrogens is 407 g/mol. The van der Waals surface area contributed by atoms with Crippen molar-refractivity contribution in [2.75, 3.05) is 0 Å². The van der Waals surface area contributed by atoms with Gasteiger partial charge in [0.05, 0.1) is 11.4 Å². The second kappa shape index (κ2) is 23.0. The van der Waals surface area contributed by atoms with Gasteiger partial charge in [-0.1, -0.05) is 129 Å². The van der Waals surface area contributed by atoms with E-state index in [1.165, 1.54) is 89.9 Å². The van der Waals surface area contributed by atoms with Crippen LogP contribution in [0.15, 0.2) is 0 Å². The van der Waals surface area contributed by atoms with Gasteiger partial charge in [0.1, 0.15) is 10.1 Å². The molecular formula is C24H49NaO4S. The third-order valence-corrected chi connectivity index (χ3v) is 7.27. The van der Waals surface area contributed by atoms with E-state index in [9.17, 15) is 18.1 Å². The summed E-state index contributed by atoms with van der Waals surface area (Å²) in [6.45, 7) is 4.10. The minimum atomic E-state index is -4.40. The van der Waals surface area contributed by atoms with Crippen LogP contribution in [0.25, 0.3) is 0 Å². The molecule has 0 radical (unpaired) electrons. The Balaban J connectivity index is 0. The number of unbranched alkanes of at least 4 members (excludes halogenated alkanes) is 16. The number of hydrogen-bond acceptors (Lipinski definition) is 4. The van der Waals surface area contributed by atoms with Crippen molar-refractivity contribution in [2.24, 2.45) is 0 Å². The van der Waals surface area contributed by atoms with Crippen molar-refractivity contribution in [2.45, 2.75) is 154 Å². The molecule has 0 saturated carbocycles. The quantitative estimate of drug-likeness (QED) is 0.151. The molecule has 4 nitrogen and oxygen atoms in total. The molecule has 2 atom stereocenters. The third-order valence-electron chi connectivity index (χ3n) is 5.98. The summed E-state index contributed by atoms with van der Waals surface area (Å²) in [6, 6.07) is 0. The smallest absolute Gasteiger partial charge is 0.748 e. The molecule has 0 aliphatic rings. The normalized spacial score (nSPS) is 13.7. The molecule has 0 fully saturated rings. The molecule has 176 valence electrons.